The summed E-state index contributed by atoms with van der Waals surface area (Å²) in [7, 11) is 0. The second-order valence-corrected chi connectivity index (χ2v) is 5.64. The van der Waals surface area contributed by atoms with E-state index in [1.807, 2.05) is 18.5 Å². The molecule has 120 valence electrons. The third kappa shape index (κ3) is 2.65. The summed E-state index contributed by atoms with van der Waals surface area (Å²) >= 11 is 6.00. The molecule has 24 heavy (non-hydrogen) atoms. The number of H-pyrrole nitrogens is 1. The number of nitrogen functional groups attached to an aromatic ring is 1. The number of halogens is 1. The first-order chi connectivity index (χ1) is 11.7. The SMILES string of the molecule is Nc1ncnc2c1c(Oc1cccc(Cl)c1)nn2Cc1cc[nH]c1. The predicted molar refractivity (Wildman–Crippen MR) is 91.2 cm³/mol. The van der Waals surface area contributed by atoms with Gasteiger partial charge in [0.25, 0.3) is 5.88 Å². The molecule has 0 aliphatic carbocycles. The number of ether oxygens (including phenoxy) is 1. The van der Waals surface area contributed by atoms with E-state index in [0.29, 0.717) is 40.0 Å². The number of anilines is 1. The highest BCUT2D eigenvalue weighted by molar-refractivity contribution is 6.30. The summed E-state index contributed by atoms with van der Waals surface area (Å²) in [6.07, 6.45) is 5.17. The molecule has 8 heteroatoms. The molecule has 0 saturated heterocycles. The van der Waals surface area contributed by atoms with Gasteiger partial charge in [0.05, 0.1) is 6.54 Å². The second-order valence-electron chi connectivity index (χ2n) is 5.20. The zero-order valence-corrected chi connectivity index (χ0v) is 13.2. The summed E-state index contributed by atoms with van der Waals surface area (Å²) in [6, 6.07) is 9.04. The lowest BCUT2D eigenvalue weighted by Gasteiger charge is -2.03. The van der Waals surface area contributed by atoms with Gasteiger partial charge in [-0.15, -0.1) is 5.10 Å². The summed E-state index contributed by atoms with van der Waals surface area (Å²) < 4.78 is 7.60. The van der Waals surface area contributed by atoms with Crippen LogP contribution in [0.25, 0.3) is 11.0 Å². The molecule has 0 unspecified atom stereocenters. The third-order valence-corrected chi connectivity index (χ3v) is 3.77. The fourth-order valence-electron chi connectivity index (χ4n) is 2.45. The average Bonchev–Trinajstić information content (AvgIpc) is 3.17. The van der Waals surface area contributed by atoms with Gasteiger partial charge in [-0.3, -0.25) is 0 Å². The van der Waals surface area contributed by atoms with Crippen LogP contribution >= 0.6 is 11.6 Å². The Balaban J connectivity index is 1.80. The number of hydrogen-bond acceptors (Lipinski definition) is 5. The number of nitrogens with one attached hydrogen (secondary N) is 1. The zero-order chi connectivity index (χ0) is 16.5. The van der Waals surface area contributed by atoms with Crippen LogP contribution in [0.4, 0.5) is 5.82 Å². The van der Waals surface area contributed by atoms with Crippen LogP contribution in [0.2, 0.25) is 5.02 Å². The Morgan fingerprint density at radius 2 is 2.17 bits per heavy atom. The number of aromatic nitrogens is 5. The van der Waals surface area contributed by atoms with Crippen LogP contribution in [-0.2, 0) is 6.54 Å². The van der Waals surface area contributed by atoms with Crippen molar-refractivity contribution in [3.05, 3.63) is 59.6 Å². The molecule has 3 heterocycles. The van der Waals surface area contributed by atoms with Gasteiger partial charge < -0.3 is 15.5 Å². The van der Waals surface area contributed by atoms with Crippen molar-refractivity contribution in [1.82, 2.24) is 24.7 Å². The Morgan fingerprint density at radius 1 is 1.25 bits per heavy atom. The van der Waals surface area contributed by atoms with Crippen LogP contribution < -0.4 is 10.5 Å². The van der Waals surface area contributed by atoms with Crippen LogP contribution in [0.1, 0.15) is 5.56 Å². The molecule has 4 aromatic rings. The van der Waals surface area contributed by atoms with Gasteiger partial charge >= 0.3 is 0 Å². The van der Waals surface area contributed by atoms with Gasteiger partial charge in [0.2, 0.25) is 0 Å². The minimum atomic E-state index is 0.317. The van der Waals surface area contributed by atoms with Crippen molar-refractivity contribution in [3.8, 4) is 11.6 Å². The maximum Gasteiger partial charge on any atom is 0.251 e. The number of nitrogens with zero attached hydrogens (tertiary/aromatic N) is 4. The molecule has 0 amide bonds. The Hall–Kier alpha value is -3.06. The summed E-state index contributed by atoms with van der Waals surface area (Å²) in [6.45, 7) is 0.537. The van der Waals surface area contributed by atoms with Crippen LogP contribution in [0.5, 0.6) is 11.6 Å². The van der Waals surface area contributed by atoms with Gasteiger partial charge in [-0.1, -0.05) is 17.7 Å². The molecule has 0 aliphatic heterocycles. The van der Waals surface area contributed by atoms with Crippen LogP contribution in [0.15, 0.2) is 49.1 Å². The quantitative estimate of drug-likeness (QED) is 0.594. The summed E-state index contributed by atoms with van der Waals surface area (Å²) in [4.78, 5) is 11.4. The minimum Gasteiger partial charge on any atom is -0.437 e. The van der Waals surface area contributed by atoms with E-state index in [9.17, 15) is 0 Å². The van der Waals surface area contributed by atoms with Crippen LogP contribution in [0.3, 0.4) is 0 Å². The molecular formula is C16H13ClN6O. The predicted octanol–water partition coefficient (Wildman–Crippen LogP) is 3.23. The number of fused-ring (bicyclic) bond motifs is 1. The highest BCUT2D eigenvalue weighted by Crippen LogP contribution is 2.32. The number of hydrogen-bond donors (Lipinski definition) is 2. The Labute approximate surface area is 142 Å². The fourth-order valence-corrected chi connectivity index (χ4v) is 2.63. The second kappa shape index (κ2) is 5.86. The van der Waals surface area contributed by atoms with E-state index in [0.717, 1.165) is 5.56 Å². The Bertz CT molecular complexity index is 995. The lowest BCUT2D eigenvalue weighted by atomic mass is 10.3. The van der Waals surface area contributed by atoms with Crippen LogP contribution in [0, 0.1) is 0 Å². The molecule has 4 rings (SSSR count). The summed E-state index contributed by atoms with van der Waals surface area (Å²) in [5, 5.41) is 5.66. The molecule has 1 aromatic carbocycles. The molecule has 0 radical (unpaired) electrons. The van der Waals surface area contributed by atoms with E-state index in [4.69, 9.17) is 22.1 Å². The van der Waals surface area contributed by atoms with Crippen molar-refractivity contribution >= 4 is 28.5 Å². The van der Waals surface area contributed by atoms with Gasteiger partial charge in [0, 0.05) is 17.4 Å². The highest BCUT2D eigenvalue weighted by Gasteiger charge is 2.17. The van der Waals surface area contributed by atoms with Crippen molar-refractivity contribution in [3.63, 3.8) is 0 Å². The van der Waals surface area contributed by atoms with Gasteiger partial charge in [0.1, 0.15) is 23.3 Å². The van der Waals surface area contributed by atoms with E-state index in [-0.39, 0.29) is 0 Å². The van der Waals surface area contributed by atoms with Gasteiger partial charge in [-0.25, -0.2) is 14.6 Å². The number of aromatic amines is 1. The molecule has 0 bridgehead atoms. The van der Waals surface area contributed by atoms with Crippen molar-refractivity contribution in [2.24, 2.45) is 0 Å². The molecule has 3 aromatic heterocycles. The number of benzene rings is 1. The summed E-state index contributed by atoms with van der Waals surface area (Å²) in [5.41, 5.74) is 7.68. The van der Waals surface area contributed by atoms with Crippen LogP contribution in [-0.4, -0.2) is 24.7 Å². The van der Waals surface area contributed by atoms with E-state index < -0.39 is 0 Å². The lowest BCUT2D eigenvalue weighted by molar-refractivity contribution is 0.455. The molecule has 0 saturated carbocycles. The van der Waals surface area contributed by atoms with Gasteiger partial charge in [0.15, 0.2) is 5.65 Å². The Kier molecular flexibility index (Phi) is 3.55. The van der Waals surface area contributed by atoms with Crippen molar-refractivity contribution in [2.45, 2.75) is 6.54 Å². The topological polar surface area (TPSA) is 94.6 Å². The molecule has 0 spiro atoms. The smallest absolute Gasteiger partial charge is 0.251 e. The standard InChI is InChI=1S/C16H13ClN6O/c17-11-2-1-3-12(6-11)24-16-13-14(18)20-9-21-15(13)23(22-16)8-10-4-5-19-7-10/h1-7,9,19H,8H2,(H2,18,20,21). The maximum atomic E-state index is 6.01. The third-order valence-electron chi connectivity index (χ3n) is 3.53. The highest BCUT2D eigenvalue weighted by atomic mass is 35.5. The summed E-state index contributed by atoms with van der Waals surface area (Å²) in [5.74, 6) is 1.23. The Morgan fingerprint density at radius 3 is 2.96 bits per heavy atom. The molecule has 7 nitrogen and oxygen atoms in total. The van der Waals surface area contributed by atoms with E-state index in [1.54, 1.807) is 28.9 Å². The lowest BCUT2D eigenvalue weighted by Crippen LogP contribution is -2.02. The first-order valence-electron chi connectivity index (χ1n) is 7.23. The minimum absolute atomic E-state index is 0.317. The number of nitrogens with two attached hydrogens (primary N) is 1. The monoisotopic (exact) mass is 340 g/mol. The van der Waals surface area contributed by atoms with E-state index in [1.165, 1.54) is 6.33 Å². The van der Waals surface area contributed by atoms with E-state index >= 15 is 0 Å². The molecule has 0 fully saturated rings. The number of rotatable bonds is 4. The molecular weight excluding hydrogens is 328 g/mol. The largest absolute Gasteiger partial charge is 0.437 e. The van der Waals surface area contributed by atoms with Crippen molar-refractivity contribution in [1.29, 1.82) is 0 Å². The van der Waals surface area contributed by atoms with Gasteiger partial charge in [-0.2, -0.15) is 0 Å². The molecule has 0 aliphatic rings. The molecule has 0 atom stereocenters. The van der Waals surface area contributed by atoms with Crippen molar-refractivity contribution < 1.29 is 4.74 Å². The first-order valence-corrected chi connectivity index (χ1v) is 7.60. The van der Waals surface area contributed by atoms with Crippen molar-refractivity contribution in [2.75, 3.05) is 5.73 Å². The fraction of sp³-hybridized carbons (Fsp3) is 0.0625. The molecule has 3 N–H and O–H groups in total. The maximum absolute atomic E-state index is 6.01. The van der Waals surface area contributed by atoms with E-state index in [2.05, 4.69) is 20.1 Å². The zero-order valence-electron chi connectivity index (χ0n) is 12.5. The average molecular weight is 341 g/mol. The van der Waals surface area contributed by atoms with Gasteiger partial charge in [-0.05, 0) is 29.8 Å². The normalized spacial score (nSPS) is 11.0. The first kappa shape index (κ1) is 14.5.